The van der Waals surface area contributed by atoms with Crippen LogP contribution in [-0.4, -0.2) is 36.6 Å². The van der Waals surface area contributed by atoms with Gasteiger partial charge in [-0.2, -0.15) is 11.8 Å². The molecule has 1 fully saturated rings. The van der Waals surface area contributed by atoms with Gasteiger partial charge in [0.1, 0.15) is 0 Å². The first-order valence-electron chi connectivity index (χ1n) is 5.87. The Morgan fingerprint density at radius 2 is 2.12 bits per heavy atom. The van der Waals surface area contributed by atoms with Gasteiger partial charge >= 0.3 is 0 Å². The normalized spacial score (nSPS) is 25.1. The Morgan fingerprint density at radius 1 is 1.38 bits per heavy atom. The zero-order valence-electron chi connectivity index (χ0n) is 10.5. The Labute approximate surface area is 121 Å². The summed E-state index contributed by atoms with van der Waals surface area (Å²) in [6.07, 6.45) is 6.09. The van der Waals surface area contributed by atoms with Crippen LogP contribution in [-0.2, 0) is 0 Å². The van der Waals surface area contributed by atoms with E-state index in [1.54, 1.807) is 0 Å². The Balaban J connectivity index is 0.00000225. The minimum atomic E-state index is 0. The van der Waals surface area contributed by atoms with Gasteiger partial charge in [0.15, 0.2) is 5.96 Å². The summed E-state index contributed by atoms with van der Waals surface area (Å²) < 4.78 is 0. The van der Waals surface area contributed by atoms with Crippen molar-refractivity contribution in [2.75, 3.05) is 19.3 Å². The maximum absolute atomic E-state index is 4.42. The molecule has 0 saturated heterocycles. The molecule has 2 atom stereocenters. The molecule has 1 aliphatic carbocycles. The van der Waals surface area contributed by atoms with Gasteiger partial charge in [-0.15, -0.1) is 24.0 Å². The average molecular weight is 357 g/mol. The van der Waals surface area contributed by atoms with Crippen molar-refractivity contribution in [3.05, 3.63) is 0 Å². The number of hydrogen-bond acceptors (Lipinski definition) is 2. The maximum Gasteiger partial charge on any atom is 0.191 e. The van der Waals surface area contributed by atoms with Crippen molar-refractivity contribution in [3.63, 3.8) is 0 Å². The molecule has 0 aromatic rings. The van der Waals surface area contributed by atoms with Crippen molar-refractivity contribution in [1.29, 1.82) is 0 Å². The molecule has 16 heavy (non-hydrogen) atoms. The minimum absolute atomic E-state index is 0. The molecular weight excluding hydrogens is 333 g/mol. The van der Waals surface area contributed by atoms with Gasteiger partial charge in [0, 0.05) is 24.4 Å². The monoisotopic (exact) mass is 357 g/mol. The highest BCUT2D eigenvalue weighted by atomic mass is 127. The fourth-order valence-corrected chi connectivity index (χ4v) is 2.75. The van der Waals surface area contributed by atoms with E-state index >= 15 is 0 Å². The van der Waals surface area contributed by atoms with Crippen LogP contribution < -0.4 is 10.6 Å². The van der Waals surface area contributed by atoms with Crippen molar-refractivity contribution in [1.82, 2.24) is 10.6 Å². The summed E-state index contributed by atoms with van der Waals surface area (Å²) in [5.41, 5.74) is 0. The summed E-state index contributed by atoms with van der Waals surface area (Å²) in [7, 11) is 0. The van der Waals surface area contributed by atoms with Gasteiger partial charge < -0.3 is 10.6 Å². The first kappa shape index (κ1) is 16.4. The number of halogens is 1. The fourth-order valence-electron chi connectivity index (χ4n) is 1.96. The predicted octanol–water partition coefficient (Wildman–Crippen LogP) is 2.46. The Bertz CT molecular complexity index is 211. The Kier molecular flexibility index (Phi) is 9.59. The highest BCUT2D eigenvalue weighted by Crippen LogP contribution is 2.27. The van der Waals surface area contributed by atoms with E-state index in [-0.39, 0.29) is 24.0 Å². The first-order chi connectivity index (χ1) is 7.30. The molecule has 2 N–H and O–H groups in total. The molecule has 1 rings (SSSR count). The zero-order chi connectivity index (χ0) is 11.1. The maximum atomic E-state index is 4.42. The third-order valence-electron chi connectivity index (χ3n) is 2.72. The molecule has 0 spiro atoms. The van der Waals surface area contributed by atoms with E-state index in [2.05, 4.69) is 35.7 Å². The first-order valence-corrected chi connectivity index (χ1v) is 7.16. The summed E-state index contributed by atoms with van der Waals surface area (Å²) in [6, 6.07) is 0.617. The van der Waals surface area contributed by atoms with Crippen LogP contribution in [0.5, 0.6) is 0 Å². The van der Waals surface area contributed by atoms with Crippen molar-refractivity contribution in [2.45, 2.75) is 44.4 Å². The lowest BCUT2D eigenvalue weighted by Gasteiger charge is -2.16. The molecule has 3 nitrogen and oxygen atoms in total. The van der Waals surface area contributed by atoms with E-state index in [9.17, 15) is 0 Å². The zero-order valence-corrected chi connectivity index (χ0v) is 13.6. The van der Waals surface area contributed by atoms with Crippen LogP contribution in [0.3, 0.4) is 0 Å². The van der Waals surface area contributed by atoms with Crippen LogP contribution in [0.1, 0.15) is 33.1 Å². The van der Waals surface area contributed by atoms with Crippen LogP contribution >= 0.6 is 35.7 Å². The molecule has 1 aliphatic rings. The lowest BCUT2D eigenvalue weighted by molar-refractivity contribution is 0.616. The summed E-state index contributed by atoms with van der Waals surface area (Å²) in [5.74, 6) is 0.978. The third-order valence-corrected chi connectivity index (χ3v) is 3.81. The molecule has 2 unspecified atom stereocenters. The molecule has 0 heterocycles. The van der Waals surface area contributed by atoms with Crippen molar-refractivity contribution in [2.24, 2.45) is 4.99 Å². The molecule has 0 aromatic heterocycles. The van der Waals surface area contributed by atoms with Crippen molar-refractivity contribution in [3.8, 4) is 0 Å². The number of rotatable bonds is 4. The Morgan fingerprint density at radius 3 is 2.62 bits per heavy atom. The highest BCUT2D eigenvalue weighted by molar-refractivity contribution is 14.0. The van der Waals surface area contributed by atoms with E-state index < -0.39 is 0 Å². The van der Waals surface area contributed by atoms with Crippen molar-refractivity contribution < 1.29 is 0 Å². The van der Waals surface area contributed by atoms with E-state index in [4.69, 9.17) is 0 Å². The molecule has 0 bridgehead atoms. The second-order valence-corrected chi connectivity index (χ2v) is 5.00. The molecule has 0 amide bonds. The fraction of sp³-hybridized carbons (Fsp3) is 0.909. The second-order valence-electron chi connectivity index (χ2n) is 3.87. The minimum Gasteiger partial charge on any atom is -0.357 e. The number of thioether (sulfide) groups is 1. The van der Waals surface area contributed by atoms with Crippen LogP contribution in [0.15, 0.2) is 4.99 Å². The van der Waals surface area contributed by atoms with Gasteiger partial charge in [-0.25, -0.2) is 0 Å². The highest BCUT2D eigenvalue weighted by Gasteiger charge is 2.24. The van der Waals surface area contributed by atoms with Crippen LogP contribution in [0.25, 0.3) is 0 Å². The molecule has 96 valence electrons. The third kappa shape index (κ3) is 5.61. The smallest absolute Gasteiger partial charge is 0.191 e. The lowest BCUT2D eigenvalue weighted by Crippen LogP contribution is -2.42. The number of nitrogens with zero attached hydrogens (tertiary/aromatic N) is 1. The van der Waals surface area contributed by atoms with Crippen LogP contribution in [0.2, 0.25) is 0 Å². The van der Waals surface area contributed by atoms with Gasteiger partial charge in [-0.1, -0.05) is 0 Å². The predicted molar refractivity (Wildman–Crippen MR) is 85.1 cm³/mol. The van der Waals surface area contributed by atoms with Gasteiger partial charge in [0.05, 0.1) is 0 Å². The summed E-state index contributed by atoms with van der Waals surface area (Å²) in [6.45, 7) is 5.95. The number of guanidine groups is 1. The summed E-state index contributed by atoms with van der Waals surface area (Å²) >= 11 is 1.99. The molecule has 1 saturated carbocycles. The largest absolute Gasteiger partial charge is 0.357 e. The van der Waals surface area contributed by atoms with Gasteiger partial charge in [0.2, 0.25) is 0 Å². The second kappa shape index (κ2) is 9.39. The van der Waals surface area contributed by atoms with E-state index in [1.807, 2.05) is 11.8 Å². The van der Waals surface area contributed by atoms with Gasteiger partial charge in [-0.05, 0) is 39.4 Å². The number of aliphatic imine (C=N–C) groups is 1. The SMILES string of the molecule is CCN=C(NCC)NC1CCC(SC)C1.I. The van der Waals surface area contributed by atoms with E-state index in [0.29, 0.717) is 6.04 Å². The number of nitrogens with one attached hydrogen (secondary N) is 2. The lowest BCUT2D eigenvalue weighted by atomic mass is 10.2. The molecule has 5 heteroatoms. The molecule has 0 aromatic carbocycles. The molecule has 0 aliphatic heterocycles. The summed E-state index contributed by atoms with van der Waals surface area (Å²) in [5, 5.41) is 7.62. The van der Waals surface area contributed by atoms with Crippen molar-refractivity contribution >= 4 is 41.7 Å². The van der Waals surface area contributed by atoms with Crippen LogP contribution in [0.4, 0.5) is 0 Å². The summed E-state index contributed by atoms with van der Waals surface area (Å²) in [4.78, 5) is 4.42. The molecule has 0 radical (unpaired) electrons. The van der Waals surface area contributed by atoms with E-state index in [1.165, 1.54) is 19.3 Å². The quantitative estimate of drug-likeness (QED) is 0.461. The van der Waals surface area contributed by atoms with Crippen LogP contribution in [0, 0.1) is 0 Å². The number of hydrogen-bond donors (Lipinski definition) is 2. The van der Waals surface area contributed by atoms with E-state index in [0.717, 1.165) is 24.3 Å². The average Bonchev–Trinajstić information content (AvgIpc) is 2.66. The topological polar surface area (TPSA) is 36.4 Å². The molecular formula is C11H24IN3S. The Hall–Kier alpha value is 0.350. The van der Waals surface area contributed by atoms with Gasteiger partial charge in [0.25, 0.3) is 0 Å². The standard InChI is InChI=1S/C11H23N3S.HI/c1-4-12-11(13-5-2)14-9-6-7-10(8-9)15-3;/h9-10H,4-8H2,1-3H3,(H2,12,13,14);1H. The van der Waals surface area contributed by atoms with Gasteiger partial charge in [-0.3, -0.25) is 4.99 Å².